The molecule has 0 spiro atoms. The van der Waals surface area contributed by atoms with Crippen molar-refractivity contribution in [2.45, 2.75) is 19.4 Å². The van der Waals surface area contributed by atoms with Gasteiger partial charge in [0.1, 0.15) is 5.82 Å². The smallest absolute Gasteiger partial charge is 0.220 e. The molecule has 1 atom stereocenters. The van der Waals surface area contributed by atoms with E-state index in [2.05, 4.69) is 15.2 Å². The zero-order chi connectivity index (χ0) is 15.2. The van der Waals surface area contributed by atoms with Gasteiger partial charge in [-0.2, -0.15) is 0 Å². The molecule has 0 radical (unpaired) electrons. The molecule has 2 rings (SSSR count). The number of ether oxygens (including phenoxy) is 1. The van der Waals surface area contributed by atoms with E-state index in [1.54, 1.807) is 13.0 Å². The molecule has 1 aromatic heterocycles. The fourth-order valence-electron chi connectivity index (χ4n) is 2.16. The van der Waals surface area contributed by atoms with E-state index in [1.165, 1.54) is 0 Å². The summed E-state index contributed by atoms with van der Waals surface area (Å²) in [6.07, 6.45) is 0.345. The van der Waals surface area contributed by atoms with Crippen molar-refractivity contribution < 1.29 is 14.6 Å². The lowest BCUT2D eigenvalue weighted by Gasteiger charge is -2.29. The summed E-state index contributed by atoms with van der Waals surface area (Å²) in [5, 5.41) is 12.7. The number of aliphatic hydroxyl groups excluding tert-OH is 1. The number of pyridine rings is 1. The van der Waals surface area contributed by atoms with Gasteiger partial charge in [-0.25, -0.2) is 4.98 Å². The van der Waals surface area contributed by atoms with E-state index in [-0.39, 0.29) is 12.5 Å². The Labute approximate surface area is 129 Å². The van der Waals surface area contributed by atoms with Crippen LogP contribution in [-0.4, -0.2) is 48.9 Å². The molecule has 7 heteroatoms. The van der Waals surface area contributed by atoms with E-state index >= 15 is 0 Å². The summed E-state index contributed by atoms with van der Waals surface area (Å²) < 4.78 is 5.32. The normalized spacial score (nSPS) is 16.6. The van der Waals surface area contributed by atoms with Crippen molar-refractivity contribution in [2.24, 2.45) is 0 Å². The van der Waals surface area contributed by atoms with Gasteiger partial charge in [0.25, 0.3) is 0 Å². The van der Waals surface area contributed by atoms with E-state index in [0.717, 1.165) is 18.9 Å². The molecule has 21 heavy (non-hydrogen) atoms. The number of hydrogen-bond acceptors (Lipinski definition) is 5. The average molecular weight is 314 g/mol. The zero-order valence-electron chi connectivity index (χ0n) is 12.0. The van der Waals surface area contributed by atoms with E-state index in [9.17, 15) is 9.90 Å². The molecular formula is C14H20ClN3O3. The summed E-state index contributed by atoms with van der Waals surface area (Å²) >= 11 is 6.17. The number of anilines is 1. The van der Waals surface area contributed by atoms with Gasteiger partial charge in [0.15, 0.2) is 0 Å². The minimum absolute atomic E-state index is 0.149. The fourth-order valence-corrected chi connectivity index (χ4v) is 2.39. The topological polar surface area (TPSA) is 74.7 Å². The van der Waals surface area contributed by atoms with Gasteiger partial charge >= 0.3 is 0 Å². The third-order valence-corrected chi connectivity index (χ3v) is 3.68. The van der Waals surface area contributed by atoms with E-state index in [4.69, 9.17) is 16.3 Å². The van der Waals surface area contributed by atoms with Crippen LogP contribution in [0.25, 0.3) is 0 Å². The van der Waals surface area contributed by atoms with Crippen molar-refractivity contribution in [3.05, 3.63) is 22.8 Å². The number of nitrogens with one attached hydrogen (secondary N) is 1. The second-order valence-electron chi connectivity index (χ2n) is 4.79. The summed E-state index contributed by atoms with van der Waals surface area (Å²) in [5.41, 5.74) is 0.491. The number of hydrogen-bond donors (Lipinski definition) is 2. The molecule has 1 fully saturated rings. The Bertz CT molecular complexity index is 492. The van der Waals surface area contributed by atoms with Crippen molar-refractivity contribution >= 4 is 23.3 Å². The predicted octanol–water partition coefficient (Wildman–Crippen LogP) is 1.13. The number of carbonyl (C=O) groups excluding carboxylic acids is 1. The minimum atomic E-state index is -0.592. The van der Waals surface area contributed by atoms with E-state index in [0.29, 0.717) is 30.4 Å². The van der Waals surface area contributed by atoms with Gasteiger partial charge in [-0.1, -0.05) is 18.5 Å². The summed E-state index contributed by atoms with van der Waals surface area (Å²) in [6, 6.07) is 2.99. The Kier molecular flexibility index (Phi) is 5.78. The quantitative estimate of drug-likeness (QED) is 0.852. The van der Waals surface area contributed by atoms with Crippen LogP contribution in [0.2, 0.25) is 5.02 Å². The Balaban J connectivity index is 2.22. The fraction of sp³-hybridized carbons (Fsp3) is 0.571. The van der Waals surface area contributed by atoms with Gasteiger partial charge in [0, 0.05) is 19.5 Å². The number of nitrogens with zero attached hydrogens (tertiary/aromatic N) is 2. The Morgan fingerprint density at radius 2 is 2.24 bits per heavy atom. The van der Waals surface area contributed by atoms with Crippen LogP contribution in [0.4, 0.5) is 5.82 Å². The van der Waals surface area contributed by atoms with Gasteiger partial charge in [-0.05, 0) is 12.1 Å². The number of amides is 1. The first-order chi connectivity index (χ1) is 10.2. The molecule has 1 aliphatic heterocycles. The number of halogens is 1. The molecule has 1 saturated heterocycles. The van der Waals surface area contributed by atoms with Crippen LogP contribution in [0.5, 0.6) is 0 Å². The van der Waals surface area contributed by atoms with Crippen molar-refractivity contribution in [3.8, 4) is 0 Å². The minimum Gasteiger partial charge on any atom is -0.394 e. The summed E-state index contributed by atoms with van der Waals surface area (Å²) in [4.78, 5) is 18.1. The standard InChI is InChI=1S/C14H20ClN3O3/c1-2-13(20)16-11(9-19)14-10(15)3-4-12(17-14)18-5-7-21-8-6-18/h3-4,11,19H,2,5-9H2,1H3,(H,16,20)/t11-/m1/s1. The molecule has 2 N–H and O–H groups in total. The first-order valence-electron chi connectivity index (χ1n) is 7.05. The van der Waals surface area contributed by atoms with Crippen LogP contribution in [0, 0.1) is 0 Å². The van der Waals surface area contributed by atoms with Crippen LogP contribution < -0.4 is 10.2 Å². The van der Waals surface area contributed by atoms with Crippen molar-refractivity contribution in [1.82, 2.24) is 10.3 Å². The molecule has 1 amide bonds. The van der Waals surface area contributed by atoms with E-state index < -0.39 is 6.04 Å². The molecule has 0 aliphatic carbocycles. The number of aliphatic hydroxyl groups is 1. The van der Waals surface area contributed by atoms with Crippen molar-refractivity contribution in [3.63, 3.8) is 0 Å². The molecule has 6 nitrogen and oxygen atoms in total. The van der Waals surface area contributed by atoms with Gasteiger partial charge in [-0.3, -0.25) is 4.79 Å². The second-order valence-corrected chi connectivity index (χ2v) is 5.20. The largest absolute Gasteiger partial charge is 0.394 e. The molecular weight excluding hydrogens is 294 g/mol. The van der Waals surface area contributed by atoms with Gasteiger partial charge in [-0.15, -0.1) is 0 Å². The highest BCUT2D eigenvalue weighted by Gasteiger charge is 2.20. The van der Waals surface area contributed by atoms with Crippen LogP contribution in [0.3, 0.4) is 0 Å². The van der Waals surface area contributed by atoms with Gasteiger partial charge in [0.05, 0.1) is 36.6 Å². The molecule has 0 unspecified atom stereocenters. The third kappa shape index (κ3) is 4.06. The number of aromatic nitrogens is 1. The lowest BCUT2D eigenvalue weighted by atomic mass is 10.2. The Morgan fingerprint density at radius 1 is 1.52 bits per heavy atom. The molecule has 0 aromatic carbocycles. The molecule has 116 valence electrons. The maximum absolute atomic E-state index is 11.5. The predicted molar refractivity (Wildman–Crippen MR) is 80.5 cm³/mol. The number of morpholine rings is 1. The van der Waals surface area contributed by atoms with Crippen LogP contribution >= 0.6 is 11.6 Å². The first-order valence-corrected chi connectivity index (χ1v) is 7.42. The molecule has 0 bridgehead atoms. The zero-order valence-corrected chi connectivity index (χ0v) is 12.8. The number of carbonyl (C=O) groups is 1. The highest BCUT2D eigenvalue weighted by atomic mass is 35.5. The third-order valence-electron chi connectivity index (χ3n) is 3.36. The van der Waals surface area contributed by atoms with Crippen LogP contribution in [-0.2, 0) is 9.53 Å². The average Bonchev–Trinajstić information content (AvgIpc) is 2.54. The van der Waals surface area contributed by atoms with Crippen LogP contribution in [0.1, 0.15) is 25.1 Å². The van der Waals surface area contributed by atoms with Gasteiger partial charge < -0.3 is 20.1 Å². The summed E-state index contributed by atoms with van der Waals surface area (Å²) in [6.45, 7) is 4.36. The second kappa shape index (κ2) is 7.59. The number of rotatable bonds is 5. The van der Waals surface area contributed by atoms with Crippen molar-refractivity contribution in [1.29, 1.82) is 0 Å². The molecule has 1 aromatic rings. The molecule has 0 saturated carbocycles. The maximum Gasteiger partial charge on any atom is 0.220 e. The summed E-state index contributed by atoms with van der Waals surface area (Å²) in [5.74, 6) is 0.630. The lowest BCUT2D eigenvalue weighted by Crippen LogP contribution is -2.37. The lowest BCUT2D eigenvalue weighted by molar-refractivity contribution is -0.121. The monoisotopic (exact) mass is 313 g/mol. The van der Waals surface area contributed by atoms with Gasteiger partial charge in [0.2, 0.25) is 5.91 Å². The van der Waals surface area contributed by atoms with Crippen molar-refractivity contribution in [2.75, 3.05) is 37.8 Å². The van der Waals surface area contributed by atoms with E-state index in [1.807, 2.05) is 6.07 Å². The molecule has 1 aliphatic rings. The molecule has 2 heterocycles. The SMILES string of the molecule is CCC(=O)N[C@H](CO)c1nc(N2CCOCC2)ccc1Cl. The maximum atomic E-state index is 11.5. The summed E-state index contributed by atoms with van der Waals surface area (Å²) in [7, 11) is 0. The first kappa shape index (κ1) is 16.0. The highest BCUT2D eigenvalue weighted by Crippen LogP contribution is 2.25. The highest BCUT2D eigenvalue weighted by molar-refractivity contribution is 6.31. The van der Waals surface area contributed by atoms with Crippen LogP contribution in [0.15, 0.2) is 12.1 Å². The Hall–Kier alpha value is -1.37. The Morgan fingerprint density at radius 3 is 2.86 bits per heavy atom.